The van der Waals surface area contributed by atoms with Crippen molar-refractivity contribution >= 4 is 15.9 Å². The van der Waals surface area contributed by atoms with Gasteiger partial charge in [-0.15, -0.1) is 0 Å². The van der Waals surface area contributed by atoms with Crippen LogP contribution >= 0.6 is 0 Å². The normalized spacial score (nSPS) is 19.0. The summed E-state index contributed by atoms with van der Waals surface area (Å²) in [6, 6.07) is 6.52. The summed E-state index contributed by atoms with van der Waals surface area (Å²) in [7, 11) is -2.00. The Morgan fingerprint density at radius 2 is 1.75 bits per heavy atom. The van der Waals surface area contributed by atoms with Crippen LogP contribution in [-0.4, -0.2) is 58.8 Å². The molecule has 1 aliphatic carbocycles. The van der Waals surface area contributed by atoms with E-state index in [2.05, 4.69) is 16.3 Å². The maximum atomic E-state index is 13.9. The highest BCUT2D eigenvalue weighted by Crippen LogP contribution is 2.33. The fraction of sp³-hybridized carbons (Fsp3) is 0.536. The van der Waals surface area contributed by atoms with E-state index in [1.54, 1.807) is 4.72 Å². The number of piperidine rings is 1. The Morgan fingerprint density at radius 3 is 2.42 bits per heavy atom. The Kier molecular flexibility index (Phi) is 9.63. The summed E-state index contributed by atoms with van der Waals surface area (Å²) in [4.78, 5) is 14.8. The molecule has 0 aromatic heterocycles. The van der Waals surface area contributed by atoms with Gasteiger partial charge in [-0.25, -0.2) is 8.42 Å². The number of ether oxygens (including phenoxy) is 2. The number of methoxy groups -OCH3 is 2. The van der Waals surface area contributed by atoms with E-state index in [-0.39, 0.29) is 11.5 Å². The number of hydrogen-bond donors (Lipinski definition) is 2. The second-order valence-electron chi connectivity index (χ2n) is 10.3. The molecule has 40 heavy (non-hydrogen) atoms. The summed E-state index contributed by atoms with van der Waals surface area (Å²) in [5.74, 6) is -0.617. The minimum Gasteiger partial charge on any atom is -0.493 e. The average molecular weight is 584 g/mol. The van der Waals surface area contributed by atoms with Gasteiger partial charge in [0, 0.05) is 12.6 Å². The number of sulfonamides is 1. The molecule has 0 bridgehead atoms. The summed E-state index contributed by atoms with van der Waals surface area (Å²) in [5, 5.41) is 2.72. The van der Waals surface area contributed by atoms with Crippen molar-refractivity contribution in [3.8, 4) is 11.5 Å². The van der Waals surface area contributed by atoms with Crippen LogP contribution in [0.15, 0.2) is 41.3 Å². The molecule has 1 aliphatic heterocycles. The molecule has 2 aromatic carbocycles. The molecule has 1 heterocycles. The third-order valence-electron chi connectivity index (χ3n) is 7.46. The fourth-order valence-electron chi connectivity index (χ4n) is 5.39. The molecular formula is C28H36F3N3O5S. The predicted octanol–water partition coefficient (Wildman–Crippen LogP) is 4.48. The van der Waals surface area contributed by atoms with Gasteiger partial charge in [-0.05, 0) is 74.0 Å². The van der Waals surface area contributed by atoms with Crippen molar-refractivity contribution in [2.24, 2.45) is 0 Å². The Balaban J connectivity index is 1.44. The maximum absolute atomic E-state index is 13.9. The van der Waals surface area contributed by atoms with Gasteiger partial charge in [-0.1, -0.05) is 24.6 Å². The molecule has 2 N–H and O–H groups in total. The molecule has 1 fully saturated rings. The van der Waals surface area contributed by atoms with E-state index in [9.17, 15) is 26.4 Å². The van der Waals surface area contributed by atoms with Gasteiger partial charge in [0.25, 0.3) is 0 Å². The van der Waals surface area contributed by atoms with Crippen LogP contribution < -0.4 is 19.5 Å². The van der Waals surface area contributed by atoms with Gasteiger partial charge in [0.1, 0.15) is 6.04 Å². The van der Waals surface area contributed by atoms with Crippen molar-refractivity contribution < 1.29 is 35.9 Å². The number of aryl methyl sites for hydroxylation is 1. The standard InChI is InChI=1S/C28H36F3N3O5S/c1-38-24-12-10-21(16-25(24)39-2)40(36,37)33-26(28(29,30)31)17-27(35)32-23-8-6-7-20-15-19(9-11-22(20)23)18-34-13-4-3-5-14-34/h9-12,15-16,23,26,33H,3-8,13-14,17-18H2,1-2H3,(H,32,35)/t23-,26+/m1/s1. The van der Waals surface area contributed by atoms with Gasteiger partial charge in [-0.3, -0.25) is 9.69 Å². The lowest BCUT2D eigenvalue weighted by Crippen LogP contribution is -2.48. The number of carbonyl (C=O) groups is 1. The first-order valence-corrected chi connectivity index (χ1v) is 14.9. The van der Waals surface area contributed by atoms with E-state index in [1.165, 1.54) is 45.1 Å². The molecule has 0 unspecified atom stereocenters. The smallest absolute Gasteiger partial charge is 0.405 e. The number of carbonyl (C=O) groups excluding carboxylic acids is 1. The monoisotopic (exact) mass is 583 g/mol. The second-order valence-corrected chi connectivity index (χ2v) is 12.0. The number of fused-ring (bicyclic) bond motifs is 1. The largest absolute Gasteiger partial charge is 0.493 e. The van der Waals surface area contributed by atoms with Gasteiger partial charge in [0.2, 0.25) is 15.9 Å². The van der Waals surface area contributed by atoms with Gasteiger partial charge < -0.3 is 14.8 Å². The van der Waals surface area contributed by atoms with Crippen LogP contribution in [0.4, 0.5) is 13.2 Å². The van der Waals surface area contributed by atoms with Crippen molar-refractivity contribution in [2.45, 2.75) is 74.6 Å². The Labute approximate surface area is 233 Å². The van der Waals surface area contributed by atoms with Crippen LogP contribution in [0.25, 0.3) is 0 Å². The van der Waals surface area contributed by atoms with Crippen LogP contribution in [0.3, 0.4) is 0 Å². The molecular weight excluding hydrogens is 547 g/mol. The number of amides is 1. The number of halogens is 3. The number of likely N-dealkylation sites (tertiary alicyclic amines) is 1. The van der Waals surface area contributed by atoms with Crippen LogP contribution in [0.5, 0.6) is 11.5 Å². The lowest BCUT2D eigenvalue weighted by molar-refractivity contribution is -0.158. The first-order chi connectivity index (χ1) is 19.0. The number of hydrogen-bond acceptors (Lipinski definition) is 6. The molecule has 2 aromatic rings. The molecule has 2 aliphatic rings. The molecule has 0 spiro atoms. The Bertz CT molecular complexity index is 1300. The highest BCUT2D eigenvalue weighted by atomic mass is 32.2. The van der Waals surface area contributed by atoms with Gasteiger partial charge in [0.05, 0.1) is 31.6 Å². The topological polar surface area (TPSA) is 97.0 Å². The average Bonchev–Trinajstić information content (AvgIpc) is 2.92. The predicted molar refractivity (Wildman–Crippen MR) is 144 cm³/mol. The summed E-state index contributed by atoms with van der Waals surface area (Å²) < 4.78 is 79.1. The van der Waals surface area contributed by atoms with Crippen molar-refractivity contribution in [1.82, 2.24) is 14.9 Å². The second kappa shape index (κ2) is 12.8. The summed E-state index contributed by atoms with van der Waals surface area (Å²) >= 11 is 0. The molecule has 12 heteroatoms. The number of rotatable bonds is 10. The van der Waals surface area contributed by atoms with Gasteiger partial charge in [0.15, 0.2) is 11.5 Å². The minimum absolute atomic E-state index is 0.0433. The molecule has 1 saturated heterocycles. The number of benzene rings is 2. The molecule has 0 saturated carbocycles. The zero-order chi connectivity index (χ0) is 28.9. The first-order valence-electron chi connectivity index (χ1n) is 13.4. The van der Waals surface area contributed by atoms with Crippen molar-refractivity contribution in [3.05, 3.63) is 53.1 Å². The molecule has 0 radical (unpaired) electrons. The Hall–Kier alpha value is -2.83. The maximum Gasteiger partial charge on any atom is 0.405 e. The lowest BCUT2D eigenvalue weighted by Gasteiger charge is -2.30. The number of alkyl halides is 3. The molecule has 220 valence electrons. The fourth-order valence-corrected chi connectivity index (χ4v) is 6.63. The molecule has 4 rings (SSSR count). The SMILES string of the molecule is COc1ccc(S(=O)(=O)N[C@@H](CC(=O)N[C@@H]2CCCc3cc(CN4CCCCC4)ccc32)C(F)(F)F)cc1OC. The van der Waals surface area contributed by atoms with Gasteiger partial charge in [-0.2, -0.15) is 17.9 Å². The van der Waals surface area contributed by atoms with E-state index in [4.69, 9.17) is 9.47 Å². The molecule has 2 atom stereocenters. The summed E-state index contributed by atoms with van der Waals surface area (Å²) in [5.41, 5.74) is 3.18. The third-order valence-corrected chi connectivity index (χ3v) is 8.93. The minimum atomic E-state index is -4.99. The van der Waals surface area contributed by atoms with Crippen molar-refractivity contribution in [3.63, 3.8) is 0 Å². The molecule has 8 nitrogen and oxygen atoms in total. The number of nitrogens with one attached hydrogen (secondary N) is 2. The zero-order valence-corrected chi connectivity index (χ0v) is 23.5. The number of nitrogens with zero attached hydrogens (tertiary/aromatic N) is 1. The third kappa shape index (κ3) is 7.46. The van der Waals surface area contributed by atoms with E-state index in [0.29, 0.717) is 6.42 Å². The lowest BCUT2D eigenvalue weighted by atomic mass is 9.86. The highest BCUT2D eigenvalue weighted by Gasteiger charge is 2.44. The first kappa shape index (κ1) is 30.1. The van der Waals surface area contributed by atoms with Crippen molar-refractivity contribution in [1.29, 1.82) is 0 Å². The highest BCUT2D eigenvalue weighted by molar-refractivity contribution is 7.89. The summed E-state index contributed by atoms with van der Waals surface area (Å²) in [6.45, 7) is 3.01. The van der Waals surface area contributed by atoms with Crippen LogP contribution in [0.2, 0.25) is 0 Å². The van der Waals surface area contributed by atoms with Crippen LogP contribution in [0.1, 0.15) is 61.3 Å². The van der Waals surface area contributed by atoms with Crippen LogP contribution in [0, 0.1) is 0 Å². The van der Waals surface area contributed by atoms with E-state index < -0.39 is 45.5 Å². The van der Waals surface area contributed by atoms with Gasteiger partial charge >= 0.3 is 6.18 Å². The zero-order valence-electron chi connectivity index (χ0n) is 22.7. The van der Waals surface area contributed by atoms with Crippen molar-refractivity contribution in [2.75, 3.05) is 27.3 Å². The van der Waals surface area contributed by atoms with E-state index >= 15 is 0 Å². The van der Waals surface area contributed by atoms with E-state index in [1.807, 2.05) is 12.1 Å². The van der Waals surface area contributed by atoms with E-state index in [0.717, 1.165) is 55.7 Å². The summed E-state index contributed by atoms with van der Waals surface area (Å²) in [6.07, 6.45) is -0.201. The van der Waals surface area contributed by atoms with Crippen LogP contribution in [-0.2, 0) is 27.8 Å². The quantitative estimate of drug-likeness (QED) is 0.428. The Morgan fingerprint density at radius 1 is 1.02 bits per heavy atom. The molecule has 1 amide bonds.